The molecule has 6 nitrogen and oxygen atoms in total. The predicted molar refractivity (Wildman–Crippen MR) is 103 cm³/mol. The van der Waals surface area contributed by atoms with Gasteiger partial charge >= 0.3 is 0 Å². The van der Waals surface area contributed by atoms with Crippen molar-refractivity contribution in [2.24, 2.45) is 5.92 Å². The monoisotopic (exact) mass is 417 g/mol. The number of alkyl halides is 2. The van der Waals surface area contributed by atoms with Crippen LogP contribution in [0.5, 0.6) is 5.75 Å². The Hall–Kier alpha value is -1.93. The average Bonchev–Trinajstić information content (AvgIpc) is 3.05. The summed E-state index contributed by atoms with van der Waals surface area (Å²) in [5, 5.41) is 5.52. The van der Waals surface area contributed by atoms with Crippen LogP contribution >= 0.6 is 12.4 Å². The molecule has 2 heterocycles. The molecule has 1 atom stereocenters. The molecule has 1 unspecified atom stereocenters. The van der Waals surface area contributed by atoms with Gasteiger partial charge in [0, 0.05) is 32.0 Å². The number of carbonyl (C=O) groups excluding carboxylic acids is 2. The third-order valence-corrected chi connectivity index (χ3v) is 5.21. The molecule has 2 N–H and O–H groups in total. The maximum atomic E-state index is 13.3. The molecule has 2 aliphatic heterocycles. The number of carbonyl (C=O) groups is 2. The number of hydrogen-bond acceptors (Lipinski definition) is 4. The SMILES string of the molecule is COc1ccc(CNC(=O)C2CCN(C(=O)C3CC(F)(F)CN3)CC2)cc1.Cl. The molecule has 0 saturated carbocycles. The first kappa shape index (κ1) is 22.4. The number of methoxy groups -OCH3 is 1. The van der Waals surface area contributed by atoms with Crippen molar-refractivity contribution in [3.8, 4) is 5.75 Å². The zero-order valence-corrected chi connectivity index (χ0v) is 16.6. The van der Waals surface area contributed by atoms with Gasteiger partial charge in [-0.3, -0.25) is 14.9 Å². The highest BCUT2D eigenvalue weighted by Gasteiger charge is 2.44. The first-order valence-corrected chi connectivity index (χ1v) is 9.18. The van der Waals surface area contributed by atoms with Gasteiger partial charge in [0.1, 0.15) is 5.75 Å². The second-order valence-electron chi connectivity index (χ2n) is 7.16. The van der Waals surface area contributed by atoms with Crippen LogP contribution in [0.15, 0.2) is 24.3 Å². The highest BCUT2D eigenvalue weighted by atomic mass is 35.5. The number of nitrogens with one attached hydrogen (secondary N) is 2. The molecular weight excluding hydrogens is 392 g/mol. The van der Waals surface area contributed by atoms with E-state index in [1.165, 1.54) is 0 Å². The van der Waals surface area contributed by atoms with Crippen molar-refractivity contribution in [3.05, 3.63) is 29.8 Å². The first-order valence-electron chi connectivity index (χ1n) is 9.18. The molecule has 2 aliphatic rings. The van der Waals surface area contributed by atoms with E-state index in [1.54, 1.807) is 12.0 Å². The molecule has 9 heteroatoms. The lowest BCUT2D eigenvalue weighted by atomic mass is 9.95. The van der Waals surface area contributed by atoms with Crippen LogP contribution in [0.1, 0.15) is 24.8 Å². The minimum Gasteiger partial charge on any atom is -0.497 e. The fourth-order valence-corrected chi connectivity index (χ4v) is 3.55. The first-order chi connectivity index (χ1) is 12.9. The van der Waals surface area contributed by atoms with Crippen molar-refractivity contribution in [1.82, 2.24) is 15.5 Å². The molecule has 0 radical (unpaired) electrons. The van der Waals surface area contributed by atoms with Crippen LogP contribution in [0, 0.1) is 5.92 Å². The van der Waals surface area contributed by atoms with Crippen LogP contribution < -0.4 is 15.4 Å². The second-order valence-corrected chi connectivity index (χ2v) is 7.16. The Morgan fingerprint density at radius 3 is 2.43 bits per heavy atom. The largest absolute Gasteiger partial charge is 0.497 e. The van der Waals surface area contributed by atoms with Crippen LogP contribution in [-0.2, 0) is 16.1 Å². The van der Waals surface area contributed by atoms with E-state index < -0.39 is 24.9 Å². The molecule has 2 fully saturated rings. The average molecular weight is 418 g/mol. The Kier molecular flexibility index (Phi) is 7.60. The van der Waals surface area contributed by atoms with E-state index in [4.69, 9.17) is 4.74 Å². The third kappa shape index (κ3) is 5.54. The van der Waals surface area contributed by atoms with Crippen molar-refractivity contribution in [2.75, 3.05) is 26.7 Å². The van der Waals surface area contributed by atoms with Crippen LogP contribution in [-0.4, -0.2) is 55.4 Å². The number of rotatable bonds is 5. The maximum Gasteiger partial charge on any atom is 0.262 e. The van der Waals surface area contributed by atoms with Gasteiger partial charge in [-0.05, 0) is 30.5 Å². The summed E-state index contributed by atoms with van der Waals surface area (Å²) in [6.45, 7) is 0.823. The lowest BCUT2D eigenvalue weighted by Gasteiger charge is -2.33. The molecular formula is C19H26ClF2N3O3. The van der Waals surface area contributed by atoms with Crippen molar-refractivity contribution in [1.29, 1.82) is 0 Å². The molecule has 0 aliphatic carbocycles. The van der Waals surface area contributed by atoms with Crippen molar-refractivity contribution >= 4 is 24.2 Å². The van der Waals surface area contributed by atoms with Crippen LogP contribution in [0.3, 0.4) is 0 Å². The normalized spacial score (nSPS) is 21.7. The number of likely N-dealkylation sites (tertiary alicyclic amines) is 1. The minimum absolute atomic E-state index is 0. The molecule has 3 rings (SSSR count). The molecule has 1 aromatic rings. The summed E-state index contributed by atoms with van der Waals surface area (Å²) in [6.07, 6.45) is 0.640. The van der Waals surface area contributed by atoms with E-state index in [0.29, 0.717) is 32.5 Å². The standard InChI is InChI=1S/C19H25F2N3O3.ClH/c1-27-15-4-2-13(3-5-15)11-22-17(25)14-6-8-24(9-7-14)18(26)16-10-19(20,21)12-23-16;/h2-5,14,16,23H,6-12H2,1H3,(H,22,25);1H. The summed E-state index contributed by atoms with van der Waals surface area (Å²) >= 11 is 0. The van der Waals surface area contributed by atoms with Gasteiger partial charge in [0.2, 0.25) is 11.8 Å². The summed E-state index contributed by atoms with van der Waals surface area (Å²) in [4.78, 5) is 26.3. The van der Waals surface area contributed by atoms with E-state index in [1.807, 2.05) is 24.3 Å². The van der Waals surface area contributed by atoms with E-state index >= 15 is 0 Å². The molecule has 1 aromatic carbocycles. The molecule has 156 valence electrons. The van der Waals surface area contributed by atoms with Gasteiger partial charge < -0.3 is 15.0 Å². The summed E-state index contributed by atoms with van der Waals surface area (Å²) in [7, 11) is 1.60. The van der Waals surface area contributed by atoms with E-state index in [-0.39, 0.29) is 30.1 Å². The molecule has 0 aromatic heterocycles. The van der Waals surface area contributed by atoms with Gasteiger partial charge in [-0.1, -0.05) is 12.1 Å². The second kappa shape index (κ2) is 9.52. The Bertz CT molecular complexity index is 680. The number of nitrogens with zero attached hydrogens (tertiary/aromatic N) is 1. The van der Waals surface area contributed by atoms with Gasteiger partial charge in [0.05, 0.1) is 19.7 Å². The van der Waals surface area contributed by atoms with Crippen LogP contribution in [0.4, 0.5) is 8.78 Å². The minimum atomic E-state index is -2.82. The molecule has 2 amide bonds. The number of halogens is 3. The summed E-state index contributed by atoms with van der Waals surface area (Å²) < 4.78 is 31.6. The smallest absolute Gasteiger partial charge is 0.262 e. The van der Waals surface area contributed by atoms with Crippen LogP contribution in [0.2, 0.25) is 0 Å². The quantitative estimate of drug-likeness (QED) is 0.768. The third-order valence-electron chi connectivity index (χ3n) is 5.21. The number of amides is 2. The summed E-state index contributed by atoms with van der Waals surface area (Å²) in [5.41, 5.74) is 0.977. The molecule has 28 heavy (non-hydrogen) atoms. The van der Waals surface area contributed by atoms with Gasteiger partial charge in [0.15, 0.2) is 0 Å². The molecule has 0 spiro atoms. The topological polar surface area (TPSA) is 70.7 Å². The molecule has 2 saturated heterocycles. The summed E-state index contributed by atoms with van der Waals surface area (Å²) in [5.74, 6) is -2.55. The van der Waals surface area contributed by atoms with Crippen LogP contribution in [0.25, 0.3) is 0 Å². The van der Waals surface area contributed by atoms with E-state index in [0.717, 1.165) is 11.3 Å². The fourth-order valence-electron chi connectivity index (χ4n) is 3.55. The lowest BCUT2D eigenvalue weighted by Crippen LogP contribution is -2.48. The maximum absolute atomic E-state index is 13.3. The lowest BCUT2D eigenvalue weighted by molar-refractivity contribution is -0.137. The Morgan fingerprint density at radius 2 is 1.89 bits per heavy atom. The number of ether oxygens (including phenoxy) is 1. The van der Waals surface area contributed by atoms with Gasteiger partial charge in [-0.2, -0.15) is 0 Å². The van der Waals surface area contributed by atoms with Gasteiger partial charge in [-0.15, -0.1) is 12.4 Å². The van der Waals surface area contributed by atoms with Crippen molar-refractivity contribution in [3.63, 3.8) is 0 Å². The van der Waals surface area contributed by atoms with Gasteiger partial charge in [-0.25, -0.2) is 8.78 Å². The van der Waals surface area contributed by atoms with E-state index in [9.17, 15) is 18.4 Å². The highest BCUT2D eigenvalue weighted by molar-refractivity contribution is 5.85. The molecule has 0 bridgehead atoms. The predicted octanol–water partition coefficient (Wildman–Crippen LogP) is 1.97. The van der Waals surface area contributed by atoms with E-state index in [2.05, 4.69) is 10.6 Å². The number of hydrogen-bond donors (Lipinski definition) is 2. The fraction of sp³-hybridized carbons (Fsp3) is 0.579. The zero-order chi connectivity index (χ0) is 19.4. The Balaban J connectivity index is 0.00000280. The highest BCUT2D eigenvalue weighted by Crippen LogP contribution is 2.27. The van der Waals surface area contributed by atoms with Gasteiger partial charge in [0.25, 0.3) is 5.92 Å². The van der Waals surface area contributed by atoms with Crippen molar-refractivity contribution < 1.29 is 23.1 Å². The zero-order valence-electron chi connectivity index (χ0n) is 15.7. The Labute approximate surface area is 169 Å². The number of benzene rings is 1. The summed E-state index contributed by atoms with van der Waals surface area (Å²) in [6, 6.07) is 6.65. The number of piperidine rings is 1. The van der Waals surface area contributed by atoms with Crippen molar-refractivity contribution in [2.45, 2.75) is 37.8 Å². The Morgan fingerprint density at radius 1 is 1.25 bits per heavy atom.